The van der Waals surface area contributed by atoms with Gasteiger partial charge in [-0.3, -0.25) is 4.79 Å². The minimum absolute atomic E-state index is 0.210. The van der Waals surface area contributed by atoms with Crippen LogP contribution in [0.25, 0.3) is 0 Å². The molecule has 0 fully saturated rings. The zero-order valence-corrected chi connectivity index (χ0v) is 14.6. The molecular weight excluding hydrogens is 321 g/mol. The van der Waals surface area contributed by atoms with Gasteiger partial charge in [0.25, 0.3) is 5.91 Å². The van der Waals surface area contributed by atoms with Crippen LogP contribution in [0.2, 0.25) is 0 Å². The lowest BCUT2D eigenvalue weighted by atomic mass is 10.1. The fourth-order valence-electron chi connectivity index (χ4n) is 2.37. The van der Waals surface area contributed by atoms with Crippen LogP contribution in [-0.2, 0) is 4.74 Å². The lowest BCUT2D eigenvalue weighted by molar-refractivity contribution is 0.0827. The molecular formula is C20H24FNO3. The zero-order chi connectivity index (χ0) is 18.1. The van der Waals surface area contributed by atoms with Gasteiger partial charge in [0.1, 0.15) is 11.6 Å². The van der Waals surface area contributed by atoms with Crippen LogP contribution in [0.4, 0.5) is 4.39 Å². The van der Waals surface area contributed by atoms with Gasteiger partial charge in [0.05, 0.1) is 12.7 Å². The molecule has 0 bridgehead atoms. The van der Waals surface area contributed by atoms with E-state index < -0.39 is 6.10 Å². The molecule has 0 saturated heterocycles. The number of methoxy groups -OCH3 is 1. The molecule has 0 aliphatic heterocycles. The summed E-state index contributed by atoms with van der Waals surface area (Å²) >= 11 is 0. The summed E-state index contributed by atoms with van der Waals surface area (Å²) in [7, 11) is 1.53. The molecule has 0 aliphatic carbocycles. The summed E-state index contributed by atoms with van der Waals surface area (Å²) in [5.41, 5.74) is 1.22. The molecule has 0 radical (unpaired) electrons. The monoisotopic (exact) mass is 345 g/mol. The standard InChI is InChI=1S/C20H24FNO3/c1-3-4-12-25-18-10-8-15(9-11-18)20(23)22-14-19(24-2)16-6-5-7-17(21)13-16/h5-11,13,19H,3-4,12,14H2,1-2H3,(H,22,23)/t19-/m1/s1. The predicted octanol–water partition coefficient (Wildman–Crippen LogP) is 4.12. The van der Waals surface area contributed by atoms with Gasteiger partial charge in [-0.05, 0) is 48.4 Å². The third-order valence-corrected chi connectivity index (χ3v) is 3.84. The Hall–Kier alpha value is -2.40. The average Bonchev–Trinajstić information content (AvgIpc) is 2.63. The number of hydrogen-bond donors (Lipinski definition) is 1. The summed E-state index contributed by atoms with van der Waals surface area (Å²) in [6, 6.07) is 13.2. The van der Waals surface area contributed by atoms with Crippen molar-refractivity contribution in [2.75, 3.05) is 20.3 Å². The SMILES string of the molecule is CCCCOc1ccc(C(=O)NC[C@@H](OC)c2cccc(F)c2)cc1. The molecule has 0 heterocycles. The molecule has 1 amide bonds. The van der Waals surface area contributed by atoms with Crippen LogP contribution < -0.4 is 10.1 Å². The zero-order valence-electron chi connectivity index (χ0n) is 14.6. The summed E-state index contributed by atoms with van der Waals surface area (Å²) in [4.78, 5) is 12.3. The number of unbranched alkanes of at least 4 members (excludes halogenated alkanes) is 1. The molecule has 0 unspecified atom stereocenters. The van der Waals surface area contributed by atoms with Crippen molar-refractivity contribution in [3.05, 3.63) is 65.5 Å². The molecule has 0 spiro atoms. The van der Waals surface area contributed by atoms with E-state index in [0.29, 0.717) is 17.7 Å². The van der Waals surface area contributed by atoms with Gasteiger partial charge < -0.3 is 14.8 Å². The molecule has 2 aromatic carbocycles. The Labute approximate surface area is 148 Å². The van der Waals surface area contributed by atoms with Crippen molar-refractivity contribution < 1.29 is 18.7 Å². The number of rotatable bonds is 9. The van der Waals surface area contributed by atoms with Crippen LogP contribution in [-0.4, -0.2) is 26.2 Å². The predicted molar refractivity (Wildman–Crippen MR) is 95.3 cm³/mol. The maximum atomic E-state index is 13.3. The number of halogens is 1. The lowest BCUT2D eigenvalue weighted by Gasteiger charge is -2.16. The number of carbonyl (C=O) groups excluding carboxylic acids is 1. The van der Waals surface area contributed by atoms with Crippen LogP contribution in [0.1, 0.15) is 41.8 Å². The minimum atomic E-state index is -0.406. The van der Waals surface area contributed by atoms with E-state index in [1.807, 2.05) is 0 Å². The first-order valence-corrected chi connectivity index (χ1v) is 8.43. The summed E-state index contributed by atoms with van der Waals surface area (Å²) in [5, 5.41) is 2.81. The second-order valence-electron chi connectivity index (χ2n) is 5.72. The Morgan fingerprint density at radius 3 is 2.60 bits per heavy atom. The van der Waals surface area contributed by atoms with E-state index in [-0.39, 0.29) is 18.3 Å². The van der Waals surface area contributed by atoms with E-state index in [0.717, 1.165) is 18.6 Å². The lowest BCUT2D eigenvalue weighted by Crippen LogP contribution is -2.29. The molecule has 2 rings (SSSR count). The smallest absolute Gasteiger partial charge is 0.251 e. The molecule has 0 aliphatic rings. The van der Waals surface area contributed by atoms with E-state index in [1.165, 1.54) is 19.2 Å². The fourth-order valence-corrected chi connectivity index (χ4v) is 2.37. The van der Waals surface area contributed by atoms with Gasteiger partial charge in [-0.15, -0.1) is 0 Å². The number of ether oxygens (including phenoxy) is 2. The molecule has 5 heteroatoms. The van der Waals surface area contributed by atoms with Gasteiger partial charge in [0, 0.05) is 19.2 Å². The Bertz CT molecular complexity index is 673. The Kier molecular flexibility index (Phi) is 7.41. The summed E-state index contributed by atoms with van der Waals surface area (Å²) in [6.45, 7) is 3.03. The van der Waals surface area contributed by atoms with E-state index in [1.54, 1.807) is 36.4 Å². The van der Waals surface area contributed by atoms with Crippen LogP contribution in [0, 0.1) is 5.82 Å². The summed E-state index contributed by atoms with van der Waals surface area (Å²) < 4.78 is 24.3. The highest BCUT2D eigenvalue weighted by molar-refractivity contribution is 5.94. The summed E-state index contributed by atoms with van der Waals surface area (Å²) in [6.07, 6.45) is 1.67. The second-order valence-corrected chi connectivity index (χ2v) is 5.72. The number of hydrogen-bond acceptors (Lipinski definition) is 3. The van der Waals surface area contributed by atoms with Crippen LogP contribution >= 0.6 is 0 Å². The van der Waals surface area contributed by atoms with Crippen molar-refractivity contribution in [2.45, 2.75) is 25.9 Å². The highest BCUT2D eigenvalue weighted by Crippen LogP contribution is 2.17. The van der Waals surface area contributed by atoms with Crippen LogP contribution in [0.3, 0.4) is 0 Å². The highest BCUT2D eigenvalue weighted by Gasteiger charge is 2.13. The van der Waals surface area contributed by atoms with E-state index in [9.17, 15) is 9.18 Å². The van der Waals surface area contributed by atoms with Crippen molar-refractivity contribution in [1.29, 1.82) is 0 Å². The third kappa shape index (κ3) is 5.87. The Morgan fingerprint density at radius 1 is 1.20 bits per heavy atom. The van der Waals surface area contributed by atoms with E-state index in [2.05, 4.69) is 12.2 Å². The van der Waals surface area contributed by atoms with Gasteiger partial charge in [-0.2, -0.15) is 0 Å². The molecule has 25 heavy (non-hydrogen) atoms. The third-order valence-electron chi connectivity index (χ3n) is 3.84. The molecule has 2 aromatic rings. The van der Waals surface area contributed by atoms with Crippen LogP contribution in [0.15, 0.2) is 48.5 Å². The number of benzene rings is 2. The molecule has 0 saturated carbocycles. The van der Waals surface area contributed by atoms with Crippen molar-refractivity contribution >= 4 is 5.91 Å². The fraction of sp³-hybridized carbons (Fsp3) is 0.350. The van der Waals surface area contributed by atoms with Crippen molar-refractivity contribution in [2.24, 2.45) is 0 Å². The normalized spacial score (nSPS) is 11.8. The minimum Gasteiger partial charge on any atom is -0.494 e. The maximum Gasteiger partial charge on any atom is 0.251 e. The van der Waals surface area contributed by atoms with Crippen molar-refractivity contribution in [3.63, 3.8) is 0 Å². The highest BCUT2D eigenvalue weighted by atomic mass is 19.1. The number of nitrogens with one attached hydrogen (secondary N) is 1. The first-order valence-electron chi connectivity index (χ1n) is 8.43. The maximum absolute atomic E-state index is 13.3. The van der Waals surface area contributed by atoms with Gasteiger partial charge in [0.2, 0.25) is 0 Å². The topological polar surface area (TPSA) is 47.6 Å². The van der Waals surface area contributed by atoms with Crippen LogP contribution in [0.5, 0.6) is 5.75 Å². The average molecular weight is 345 g/mol. The molecule has 1 atom stereocenters. The molecule has 4 nitrogen and oxygen atoms in total. The van der Waals surface area contributed by atoms with Gasteiger partial charge in [-0.1, -0.05) is 25.5 Å². The molecule has 134 valence electrons. The van der Waals surface area contributed by atoms with E-state index in [4.69, 9.17) is 9.47 Å². The van der Waals surface area contributed by atoms with Crippen molar-refractivity contribution in [3.8, 4) is 5.75 Å². The Balaban J connectivity index is 1.90. The van der Waals surface area contributed by atoms with Gasteiger partial charge in [0.15, 0.2) is 0 Å². The quantitative estimate of drug-likeness (QED) is 0.696. The second kappa shape index (κ2) is 9.79. The van der Waals surface area contributed by atoms with Gasteiger partial charge in [-0.25, -0.2) is 4.39 Å². The van der Waals surface area contributed by atoms with Crippen molar-refractivity contribution in [1.82, 2.24) is 5.32 Å². The first-order chi connectivity index (χ1) is 12.1. The molecule has 1 N–H and O–H groups in total. The summed E-state index contributed by atoms with van der Waals surface area (Å²) in [5.74, 6) is 0.211. The number of carbonyl (C=O) groups is 1. The molecule has 0 aromatic heterocycles. The van der Waals surface area contributed by atoms with E-state index >= 15 is 0 Å². The van der Waals surface area contributed by atoms with Gasteiger partial charge >= 0.3 is 0 Å². The number of amides is 1. The largest absolute Gasteiger partial charge is 0.494 e. The Morgan fingerprint density at radius 2 is 1.96 bits per heavy atom. The first kappa shape index (κ1) is 18.9.